The second-order valence-electron chi connectivity index (χ2n) is 6.28. The third-order valence-corrected chi connectivity index (χ3v) is 5.66. The molecule has 1 aromatic carbocycles. The van der Waals surface area contributed by atoms with Crippen molar-refractivity contribution in [1.29, 1.82) is 0 Å². The summed E-state index contributed by atoms with van der Waals surface area (Å²) in [6.07, 6.45) is 3.93. The van der Waals surface area contributed by atoms with E-state index in [1.165, 1.54) is 18.0 Å². The summed E-state index contributed by atoms with van der Waals surface area (Å²) < 4.78 is 0. The van der Waals surface area contributed by atoms with E-state index in [4.69, 9.17) is 28.4 Å². The molecule has 1 saturated heterocycles. The number of halogens is 2. The fourth-order valence-electron chi connectivity index (χ4n) is 3.55. The van der Waals surface area contributed by atoms with Crippen LogP contribution in [0.4, 0.5) is 5.95 Å². The lowest BCUT2D eigenvalue weighted by atomic mass is 9.95. The third kappa shape index (κ3) is 2.42. The number of benzene rings is 1. The molecule has 1 amide bonds. The molecule has 2 atom stereocenters. The monoisotopic (exact) mass is 364 g/mol. The van der Waals surface area contributed by atoms with E-state index in [-0.39, 0.29) is 11.0 Å². The Morgan fingerprint density at radius 1 is 1.29 bits per heavy atom. The molecule has 6 nitrogen and oxygen atoms in total. The molecule has 2 aromatic rings. The number of amides is 1. The van der Waals surface area contributed by atoms with Crippen molar-refractivity contribution in [3.05, 3.63) is 51.8 Å². The van der Waals surface area contributed by atoms with Gasteiger partial charge < -0.3 is 4.90 Å². The van der Waals surface area contributed by atoms with Crippen molar-refractivity contribution in [1.82, 2.24) is 15.4 Å². The first-order valence-electron chi connectivity index (χ1n) is 7.50. The maximum Gasteiger partial charge on any atom is 0.277 e. The topological polar surface area (TPSA) is 78.3 Å². The first-order chi connectivity index (χ1) is 11.5. The van der Waals surface area contributed by atoms with E-state index < -0.39 is 5.91 Å². The Morgan fingerprint density at radius 3 is 2.71 bits per heavy atom. The van der Waals surface area contributed by atoms with Gasteiger partial charge in [0.15, 0.2) is 0 Å². The summed E-state index contributed by atoms with van der Waals surface area (Å²) in [4.78, 5) is 21.9. The molecule has 124 valence electrons. The van der Waals surface area contributed by atoms with Crippen LogP contribution in [0.2, 0.25) is 10.0 Å². The van der Waals surface area contributed by atoms with Crippen molar-refractivity contribution in [2.24, 2.45) is 5.92 Å². The van der Waals surface area contributed by atoms with E-state index in [1.807, 2.05) is 18.2 Å². The summed E-state index contributed by atoms with van der Waals surface area (Å²) in [5.41, 5.74) is 3.06. The Labute approximate surface area is 148 Å². The summed E-state index contributed by atoms with van der Waals surface area (Å²) in [7, 11) is 0. The summed E-state index contributed by atoms with van der Waals surface area (Å²) in [6, 6.07) is 5.82. The van der Waals surface area contributed by atoms with E-state index in [9.17, 15) is 4.79 Å². The van der Waals surface area contributed by atoms with Crippen LogP contribution in [0.15, 0.2) is 30.6 Å². The molecule has 1 aliphatic carbocycles. The lowest BCUT2D eigenvalue weighted by Gasteiger charge is -2.21. The second kappa shape index (κ2) is 5.58. The fourth-order valence-corrected chi connectivity index (χ4v) is 3.85. The average molecular weight is 365 g/mol. The Kier molecular flexibility index (Phi) is 3.63. The number of nitrogens with one attached hydrogen (secondary N) is 1. The highest BCUT2D eigenvalue weighted by molar-refractivity contribution is 6.42. The summed E-state index contributed by atoms with van der Waals surface area (Å²) in [5.74, 6) is 0.493. The summed E-state index contributed by atoms with van der Waals surface area (Å²) >= 11 is 12.2. The Balaban J connectivity index is 1.55. The van der Waals surface area contributed by atoms with Gasteiger partial charge in [-0.15, -0.1) is 0 Å². The summed E-state index contributed by atoms with van der Waals surface area (Å²) in [6.45, 7) is 1.67. The van der Waals surface area contributed by atoms with Crippen molar-refractivity contribution in [3.63, 3.8) is 0 Å². The third-order valence-electron chi connectivity index (χ3n) is 4.93. The summed E-state index contributed by atoms with van der Waals surface area (Å²) in [5, 5.41) is 9.76. The van der Waals surface area contributed by atoms with Crippen molar-refractivity contribution in [2.45, 2.75) is 11.8 Å². The van der Waals surface area contributed by atoms with Gasteiger partial charge in [0.05, 0.1) is 15.6 Å². The number of piperidine rings is 1. The van der Waals surface area contributed by atoms with Gasteiger partial charge in [0.25, 0.3) is 5.91 Å². The SMILES string of the molecule is O=C(NO)c1cnc(N2CC3CC3(c3ccc(Cl)c(Cl)c3)C2)nc1. The molecule has 2 heterocycles. The maximum absolute atomic E-state index is 11.3. The zero-order valence-electron chi connectivity index (χ0n) is 12.5. The molecule has 4 rings (SSSR count). The number of rotatable bonds is 3. The highest BCUT2D eigenvalue weighted by Crippen LogP contribution is 2.59. The van der Waals surface area contributed by atoms with E-state index in [0.29, 0.717) is 21.9 Å². The number of aromatic nitrogens is 2. The molecule has 2 N–H and O–H groups in total. The van der Waals surface area contributed by atoms with Crippen molar-refractivity contribution in [2.75, 3.05) is 18.0 Å². The minimum absolute atomic E-state index is 0.0821. The minimum atomic E-state index is -0.627. The molecule has 0 spiro atoms. The van der Waals surface area contributed by atoms with Crippen LogP contribution in [-0.4, -0.2) is 34.2 Å². The normalized spacial score (nSPS) is 24.6. The number of hydrogen-bond donors (Lipinski definition) is 2. The van der Waals surface area contributed by atoms with Crippen molar-refractivity contribution in [3.8, 4) is 0 Å². The molecular formula is C16H14Cl2N4O2. The molecule has 1 aromatic heterocycles. The molecule has 1 saturated carbocycles. The van der Waals surface area contributed by atoms with E-state index in [2.05, 4.69) is 14.9 Å². The van der Waals surface area contributed by atoms with Gasteiger partial charge in [-0.2, -0.15) is 0 Å². The van der Waals surface area contributed by atoms with E-state index in [0.717, 1.165) is 19.5 Å². The number of carbonyl (C=O) groups excluding carboxylic acids is 1. The van der Waals surface area contributed by atoms with Gasteiger partial charge in [0.1, 0.15) is 0 Å². The Morgan fingerprint density at radius 2 is 2.04 bits per heavy atom. The average Bonchev–Trinajstić information content (AvgIpc) is 3.18. The van der Waals surface area contributed by atoms with Gasteiger partial charge in [0, 0.05) is 30.9 Å². The van der Waals surface area contributed by atoms with Gasteiger partial charge >= 0.3 is 0 Å². The fraction of sp³-hybridized carbons (Fsp3) is 0.312. The molecule has 2 fully saturated rings. The number of hydrogen-bond acceptors (Lipinski definition) is 5. The molecular weight excluding hydrogens is 351 g/mol. The molecule has 1 aliphatic heterocycles. The van der Waals surface area contributed by atoms with E-state index >= 15 is 0 Å². The highest BCUT2D eigenvalue weighted by Gasteiger charge is 2.61. The maximum atomic E-state index is 11.3. The van der Waals surface area contributed by atoms with Gasteiger partial charge in [-0.05, 0) is 30.0 Å². The highest BCUT2D eigenvalue weighted by atomic mass is 35.5. The number of nitrogens with zero attached hydrogens (tertiary/aromatic N) is 3. The number of hydroxylamine groups is 1. The second-order valence-corrected chi connectivity index (χ2v) is 7.09. The first-order valence-corrected chi connectivity index (χ1v) is 8.26. The number of anilines is 1. The minimum Gasteiger partial charge on any atom is -0.340 e. The van der Waals surface area contributed by atoms with Gasteiger partial charge in [-0.25, -0.2) is 15.4 Å². The Hall–Kier alpha value is -1.89. The van der Waals surface area contributed by atoms with Crippen LogP contribution in [0.25, 0.3) is 0 Å². The van der Waals surface area contributed by atoms with Crippen LogP contribution in [0.3, 0.4) is 0 Å². The zero-order valence-corrected chi connectivity index (χ0v) is 14.1. The largest absolute Gasteiger partial charge is 0.340 e. The molecule has 0 bridgehead atoms. The number of carbonyl (C=O) groups is 1. The predicted molar refractivity (Wildman–Crippen MR) is 89.7 cm³/mol. The van der Waals surface area contributed by atoms with Crippen molar-refractivity contribution >= 4 is 35.1 Å². The van der Waals surface area contributed by atoms with Crippen molar-refractivity contribution < 1.29 is 10.0 Å². The molecule has 8 heteroatoms. The van der Waals surface area contributed by atoms with Crippen LogP contribution < -0.4 is 10.4 Å². The zero-order chi connectivity index (χ0) is 16.9. The lowest BCUT2D eigenvalue weighted by Crippen LogP contribution is -2.28. The van der Waals surface area contributed by atoms with Crippen LogP contribution in [0.5, 0.6) is 0 Å². The van der Waals surface area contributed by atoms with Crippen LogP contribution in [0.1, 0.15) is 22.3 Å². The van der Waals surface area contributed by atoms with Crippen LogP contribution in [0, 0.1) is 5.92 Å². The van der Waals surface area contributed by atoms with Gasteiger partial charge in [0.2, 0.25) is 5.95 Å². The van der Waals surface area contributed by atoms with Gasteiger partial charge in [-0.3, -0.25) is 10.0 Å². The Bertz CT molecular complexity index is 814. The van der Waals surface area contributed by atoms with Gasteiger partial charge in [-0.1, -0.05) is 29.3 Å². The molecule has 2 unspecified atom stereocenters. The predicted octanol–water partition coefficient (Wildman–Crippen LogP) is 2.68. The van der Waals surface area contributed by atoms with E-state index in [1.54, 1.807) is 5.48 Å². The molecule has 24 heavy (non-hydrogen) atoms. The first kappa shape index (κ1) is 15.6. The lowest BCUT2D eigenvalue weighted by molar-refractivity contribution is 0.0705. The smallest absolute Gasteiger partial charge is 0.277 e. The number of fused-ring (bicyclic) bond motifs is 1. The molecule has 0 radical (unpaired) electrons. The van der Waals surface area contributed by atoms with Crippen LogP contribution >= 0.6 is 23.2 Å². The molecule has 2 aliphatic rings. The van der Waals surface area contributed by atoms with Crippen LogP contribution in [-0.2, 0) is 5.41 Å². The standard InChI is InChI=1S/C16H14Cl2N4O2/c17-12-2-1-10(3-13(12)18)16-4-11(16)7-22(8-16)15-19-5-9(6-20-15)14(23)21-24/h1-3,5-6,11,24H,4,7-8H2,(H,21,23). The quantitative estimate of drug-likeness (QED) is 0.646.